The molecular formula is C17H24ClNO2. The summed E-state index contributed by atoms with van der Waals surface area (Å²) in [6, 6.07) is 5.92. The van der Waals surface area contributed by atoms with Crippen LogP contribution in [0.25, 0.3) is 0 Å². The molecule has 1 aliphatic rings. The van der Waals surface area contributed by atoms with Gasteiger partial charge in [-0.2, -0.15) is 0 Å². The fourth-order valence-corrected chi connectivity index (χ4v) is 3.67. The predicted molar refractivity (Wildman–Crippen MR) is 85.7 cm³/mol. The molecule has 0 aromatic heterocycles. The highest BCUT2D eigenvalue weighted by atomic mass is 35.5. The maximum absolute atomic E-state index is 11.3. The van der Waals surface area contributed by atoms with Crippen LogP contribution in [-0.2, 0) is 11.3 Å². The van der Waals surface area contributed by atoms with Gasteiger partial charge in [-0.3, -0.25) is 9.69 Å². The number of rotatable bonds is 5. The molecule has 1 saturated carbocycles. The van der Waals surface area contributed by atoms with Crippen molar-refractivity contribution in [2.45, 2.75) is 57.5 Å². The van der Waals surface area contributed by atoms with E-state index in [2.05, 4.69) is 18.9 Å². The van der Waals surface area contributed by atoms with E-state index in [1.165, 1.54) is 12.0 Å². The van der Waals surface area contributed by atoms with Gasteiger partial charge in [0.15, 0.2) is 0 Å². The average Bonchev–Trinajstić information content (AvgIpc) is 2.42. The normalized spacial score (nSPS) is 17.9. The van der Waals surface area contributed by atoms with E-state index in [0.29, 0.717) is 0 Å². The van der Waals surface area contributed by atoms with Gasteiger partial charge in [-0.25, -0.2) is 0 Å². The summed E-state index contributed by atoms with van der Waals surface area (Å²) >= 11 is 6.01. The molecule has 0 radical (unpaired) electrons. The molecule has 1 aromatic rings. The van der Waals surface area contributed by atoms with E-state index in [1.807, 2.05) is 18.2 Å². The minimum atomic E-state index is -0.698. The van der Waals surface area contributed by atoms with Crippen molar-refractivity contribution in [3.63, 3.8) is 0 Å². The molecule has 1 N–H and O–H groups in total. The summed E-state index contributed by atoms with van der Waals surface area (Å²) in [5, 5.41) is 10.0. The molecule has 0 heterocycles. The molecule has 21 heavy (non-hydrogen) atoms. The molecule has 0 saturated heterocycles. The number of hydrogen-bond acceptors (Lipinski definition) is 2. The zero-order valence-corrected chi connectivity index (χ0v) is 13.6. The maximum atomic E-state index is 11.3. The summed E-state index contributed by atoms with van der Waals surface area (Å²) in [5.74, 6) is -0.698. The molecule has 1 fully saturated rings. The van der Waals surface area contributed by atoms with E-state index in [0.717, 1.165) is 42.8 Å². The molecule has 0 aliphatic heterocycles. The average molecular weight is 310 g/mol. The fraction of sp³-hybridized carbons (Fsp3) is 0.588. The lowest BCUT2D eigenvalue weighted by Crippen LogP contribution is -2.49. The first kappa shape index (κ1) is 16.3. The second-order valence-corrected chi connectivity index (χ2v) is 6.72. The Hall–Kier alpha value is -1.06. The smallest absolute Gasteiger partial charge is 0.305 e. The number of benzene rings is 1. The van der Waals surface area contributed by atoms with Gasteiger partial charge in [-0.05, 0) is 50.1 Å². The molecule has 0 spiro atoms. The van der Waals surface area contributed by atoms with Crippen LogP contribution in [0.1, 0.15) is 49.7 Å². The lowest BCUT2D eigenvalue weighted by Gasteiger charge is -2.44. The van der Waals surface area contributed by atoms with Crippen LogP contribution in [0.2, 0.25) is 5.02 Å². The number of carboxylic acids is 1. The molecule has 2 rings (SSSR count). The topological polar surface area (TPSA) is 40.5 Å². The van der Waals surface area contributed by atoms with E-state index in [-0.39, 0.29) is 12.0 Å². The van der Waals surface area contributed by atoms with Crippen molar-refractivity contribution in [2.24, 2.45) is 0 Å². The Morgan fingerprint density at radius 2 is 2.00 bits per heavy atom. The number of carboxylic acid groups (broad SMARTS) is 1. The largest absolute Gasteiger partial charge is 0.481 e. The Labute approximate surface area is 131 Å². The Bertz CT molecular complexity index is 510. The van der Waals surface area contributed by atoms with Crippen LogP contribution in [0.3, 0.4) is 0 Å². The molecule has 3 nitrogen and oxygen atoms in total. The first-order valence-corrected chi connectivity index (χ1v) is 7.99. The Balaban J connectivity index is 2.17. The van der Waals surface area contributed by atoms with E-state index in [1.54, 1.807) is 0 Å². The molecular weight excluding hydrogens is 286 g/mol. The van der Waals surface area contributed by atoms with Crippen LogP contribution in [0, 0.1) is 6.92 Å². The lowest BCUT2D eigenvalue weighted by molar-refractivity contribution is -0.141. The standard InChI is InChI=1S/C17H24ClNO2/c1-13-10-15(18)7-6-14(13)12-19(2)17(11-16(20)21)8-4-3-5-9-17/h6-7,10H,3-5,8-9,11-12H2,1-2H3,(H,20,21). The third kappa shape index (κ3) is 3.98. The number of nitrogens with zero attached hydrogens (tertiary/aromatic N) is 1. The first-order chi connectivity index (χ1) is 9.93. The number of aryl methyl sites for hydroxylation is 1. The molecule has 1 aliphatic carbocycles. The Morgan fingerprint density at radius 1 is 1.33 bits per heavy atom. The van der Waals surface area contributed by atoms with Crippen LogP contribution in [0.4, 0.5) is 0 Å². The van der Waals surface area contributed by atoms with Crippen LogP contribution in [0.15, 0.2) is 18.2 Å². The van der Waals surface area contributed by atoms with Crippen LogP contribution >= 0.6 is 11.6 Å². The van der Waals surface area contributed by atoms with E-state index in [4.69, 9.17) is 11.6 Å². The van der Waals surface area contributed by atoms with Crippen molar-refractivity contribution < 1.29 is 9.90 Å². The quantitative estimate of drug-likeness (QED) is 0.883. The lowest BCUT2D eigenvalue weighted by atomic mass is 9.78. The summed E-state index contributed by atoms with van der Waals surface area (Å²) < 4.78 is 0. The van der Waals surface area contributed by atoms with Crippen molar-refractivity contribution >= 4 is 17.6 Å². The predicted octanol–water partition coefficient (Wildman–Crippen LogP) is 4.26. The SMILES string of the molecule is Cc1cc(Cl)ccc1CN(C)C1(CC(=O)O)CCCCC1. The highest BCUT2D eigenvalue weighted by molar-refractivity contribution is 6.30. The minimum absolute atomic E-state index is 0.198. The van der Waals surface area contributed by atoms with Crippen molar-refractivity contribution in [1.29, 1.82) is 0 Å². The first-order valence-electron chi connectivity index (χ1n) is 7.61. The summed E-state index contributed by atoms with van der Waals surface area (Å²) in [6.07, 6.45) is 5.64. The van der Waals surface area contributed by atoms with Crippen LogP contribution in [0.5, 0.6) is 0 Å². The fourth-order valence-electron chi connectivity index (χ4n) is 3.44. The molecule has 1 aromatic carbocycles. The minimum Gasteiger partial charge on any atom is -0.481 e. The van der Waals surface area contributed by atoms with Crippen molar-refractivity contribution in [3.05, 3.63) is 34.3 Å². The van der Waals surface area contributed by atoms with Crippen LogP contribution in [-0.4, -0.2) is 28.6 Å². The van der Waals surface area contributed by atoms with E-state index < -0.39 is 5.97 Å². The van der Waals surface area contributed by atoms with E-state index >= 15 is 0 Å². The van der Waals surface area contributed by atoms with Crippen LogP contribution < -0.4 is 0 Å². The van der Waals surface area contributed by atoms with Gasteiger partial charge >= 0.3 is 5.97 Å². The summed E-state index contributed by atoms with van der Waals surface area (Å²) in [5.41, 5.74) is 2.18. The number of hydrogen-bond donors (Lipinski definition) is 1. The number of halogens is 1. The van der Waals surface area contributed by atoms with Gasteiger partial charge in [0.25, 0.3) is 0 Å². The molecule has 0 atom stereocenters. The molecule has 0 bridgehead atoms. The summed E-state index contributed by atoms with van der Waals surface area (Å²) in [7, 11) is 2.06. The van der Waals surface area contributed by atoms with Gasteiger partial charge in [0.1, 0.15) is 0 Å². The van der Waals surface area contributed by atoms with Crippen molar-refractivity contribution in [2.75, 3.05) is 7.05 Å². The Morgan fingerprint density at radius 3 is 2.57 bits per heavy atom. The highest BCUT2D eigenvalue weighted by Gasteiger charge is 2.38. The highest BCUT2D eigenvalue weighted by Crippen LogP contribution is 2.37. The zero-order chi connectivity index (χ0) is 15.5. The van der Waals surface area contributed by atoms with Gasteiger partial charge in [-0.15, -0.1) is 0 Å². The zero-order valence-electron chi connectivity index (χ0n) is 12.9. The van der Waals surface area contributed by atoms with Gasteiger partial charge in [0.05, 0.1) is 6.42 Å². The monoisotopic (exact) mass is 309 g/mol. The van der Waals surface area contributed by atoms with Gasteiger partial charge in [0, 0.05) is 17.1 Å². The van der Waals surface area contributed by atoms with Gasteiger partial charge in [-0.1, -0.05) is 36.9 Å². The maximum Gasteiger partial charge on any atom is 0.305 e. The number of carbonyl (C=O) groups is 1. The second-order valence-electron chi connectivity index (χ2n) is 6.28. The molecule has 116 valence electrons. The molecule has 0 amide bonds. The van der Waals surface area contributed by atoms with Crippen molar-refractivity contribution in [3.8, 4) is 0 Å². The third-order valence-corrected chi connectivity index (χ3v) is 5.02. The Kier molecular flexibility index (Phi) is 5.28. The van der Waals surface area contributed by atoms with E-state index in [9.17, 15) is 9.90 Å². The summed E-state index contributed by atoms with van der Waals surface area (Å²) in [6.45, 7) is 2.83. The third-order valence-electron chi connectivity index (χ3n) is 4.79. The van der Waals surface area contributed by atoms with Gasteiger partial charge in [0.2, 0.25) is 0 Å². The van der Waals surface area contributed by atoms with Gasteiger partial charge < -0.3 is 5.11 Å². The van der Waals surface area contributed by atoms with Crippen molar-refractivity contribution in [1.82, 2.24) is 4.90 Å². The summed E-state index contributed by atoms with van der Waals surface area (Å²) in [4.78, 5) is 13.5. The molecule has 4 heteroatoms. The second kappa shape index (κ2) is 6.80. The molecule has 0 unspecified atom stereocenters. The number of aliphatic carboxylic acids is 1.